The highest BCUT2D eigenvalue weighted by Crippen LogP contribution is 2.19. The fourth-order valence-corrected chi connectivity index (χ4v) is 2.40. The van der Waals surface area contributed by atoms with E-state index in [1.165, 1.54) is 0 Å². The summed E-state index contributed by atoms with van der Waals surface area (Å²) in [6.07, 6.45) is 1.18. The molecule has 2 rings (SSSR count). The number of nitrogens with one attached hydrogen (secondary N) is 2. The van der Waals surface area contributed by atoms with Crippen LogP contribution in [-0.4, -0.2) is 24.5 Å². The van der Waals surface area contributed by atoms with E-state index in [9.17, 15) is 9.59 Å². The fourth-order valence-electron chi connectivity index (χ4n) is 2.27. The van der Waals surface area contributed by atoms with Gasteiger partial charge in [0.1, 0.15) is 5.75 Å². The molecule has 0 fully saturated rings. The van der Waals surface area contributed by atoms with E-state index in [0.29, 0.717) is 28.6 Å². The molecular weight excluding hydrogens is 352 g/mol. The maximum Gasteiger partial charge on any atom is 0.265 e. The van der Waals surface area contributed by atoms with E-state index in [1.54, 1.807) is 55.5 Å². The van der Waals surface area contributed by atoms with Gasteiger partial charge in [-0.2, -0.15) is 0 Å². The summed E-state index contributed by atoms with van der Waals surface area (Å²) in [6.45, 7) is 4.31. The fraction of sp³-hybridized carbons (Fsp3) is 0.300. The van der Waals surface area contributed by atoms with Crippen LogP contribution in [0.1, 0.15) is 37.0 Å². The summed E-state index contributed by atoms with van der Waals surface area (Å²) in [6, 6.07) is 13.7. The van der Waals surface area contributed by atoms with Crippen LogP contribution in [0.4, 0.5) is 5.69 Å². The largest absolute Gasteiger partial charge is 0.481 e. The van der Waals surface area contributed by atoms with Crippen LogP contribution in [0.15, 0.2) is 48.5 Å². The van der Waals surface area contributed by atoms with E-state index in [0.717, 1.165) is 12.8 Å². The first-order chi connectivity index (χ1) is 12.5. The maximum absolute atomic E-state index is 12.4. The van der Waals surface area contributed by atoms with Crippen LogP contribution in [0.25, 0.3) is 0 Å². The van der Waals surface area contributed by atoms with Gasteiger partial charge in [0.15, 0.2) is 6.10 Å². The quantitative estimate of drug-likeness (QED) is 0.678. The normalized spacial score (nSPS) is 11.5. The molecule has 0 unspecified atom stereocenters. The van der Waals surface area contributed by atoms with Gasteiger partial charge in [-0.3, -0.25) is 9.59 Å². The number of unbranched alkanes of at least 4 members (excludes halogenated alkanes) is 1. The second kappa shape index (κ2) is 9.82. The van der Waals surface area contributed by atoms with Crippen molar-refractivity contribution < 1.29 is 14.3 Å². The summed E-state index contributed by atoms with van der Waals surface area (Å²) < 4.78 is 5.61. The Balaban J connectivity index is 2.01. The highest BCUT2D eigenvalue weighted by Gasteiger charge is 2.18. The highest BCUT2D eigenvalue weighted by atomic mass is 35.5. The lowest BCUT2D eigenvalue weighted by molar-refractivity contribution is -0.122. The van der Waals surface area contributed by atoms with Crippen molar-refractivity contribution in [2.45, 2.75) is 32.8 Å². The van der Waals surface area contributed by atoms with Gasteiger partial charge >= 0.3 is 0 Å². The van der Waals surface area contributed by atoms with E-state index < -0.39 is 6.10 Å². The van der Waals surface area contributed by atoms with Gasteiger partial charge in [-0.15, -0.1) is 0 Å². The summed E-state index contributed by atoms with van der Waals surface area (Å²) >= 11 is 5.84. The molecule has 0 saturated carbocycles. The Morgan fingerprint density at radius 2 is 1.81 bits per heavy atom. The number of carbonyl (C=O) groups excluding carboxylic acids is 2. The lowest BCUT2D eigenvalue weighted by Gasteiger charge is -2.16. The van der Waals surface area contributed by atoms with Gasteiger partial charge in [0.2, 0.25) is 0 Å². The topological polar surface area (TPSA) is 67.4 Å². The summed E-state index contributed by atoms with van der Waals surface area (Å²) in [5, 5.41) is 6.21. The molecule has 0 spiro atoms. The Bertz CT molecular complexity index is 747. The summed E-state index contributed by atoms with van der Waals surface area (Å²) in [5.74, 6) is -0.00275. The molecule has 0 heterocycles. The highest BCUT2D eigenvalue weighted by molar-refractivity contribution is 6.30. The molecular formula is C20H23ClN2O3. The second-order valence-corrected chi connectivity index (χ2v) is 6.29. The minimum Gasteiger partial charge on any atom is -0.481 e. The molecule has 0 saturated heterocycles. The van der Waals surface area contributed by atoms with Gasteiger partial charge < -0.3 is 15.4 Å². The third kappa shape index (κ3) is 5.77. The molecule has 1 atom stereocenters. The van der Waals surface area contributed by atoms with E-state index in [-0.39, 0.29) is 11.8 Å². The number of benzene rings is 2. The zero-order chi connectivity index (χ0) is 18.9. The van der Waals surface area contributed by atoms with Crippen molar-refractivity contribution in [1.29, 1.82) is 0 Å². The van der Waals surface area contributed by atoms with Gasteiger partial charge in [-0.1, -0.05) is 37.1 Å². The van der Waals surface area contributed by atoms with Crippen LogP contribution < -0.4 is 15.4 Å². The average Bonchev–Trinajstić information content (AvgIpc) is 2.64. The minimum atomic E-state index is -0.729. The van der Waals surface area contributed by atoms with E-state index in [2.05, 4.69) is 17.6 Å². The zero-order valence-corrected chi connectivity index (χ0v) is 15.7. The zero-order valence-electron chi connectivity index (χ0n) is 14.9. The lowest BCUT2D eigenvalue weighted by atomic mass is 10.1. The maximum atomic E-state index is 12.4. The number of hydrogen-bond donors (Lipinski definition) is 2. The van der Waals surface area contributed by atoms with Crippen LogP contribution in [0.2, 0.25) is 5.02 Å². The van der Waals surface area contributed by atoms with Crippen LogP contribution in [-0.2, 0) is 4.79 Å². The number of ether oxygens (including phenoxy) is 1. The molecule has 6 heteroatoms. The predicted octanol–water partition coefficient (Wildman–Crippen LogP) is 4.28. The molecule has 2 aromatic rings. The number of amides is 2. The van der Waals surface area contributed by atoms with Gasteiger partial charge in [-0.05, 0) is 49.7 Å². The third-order valence-electron chi connectivity index (χ3n) is 3.74. The Morgan fingerprint density at radius 1 is 1.12 bits per heavy atom. The molecule has 0 radical (unpaired) electrons. The van der Waals surface area contributed by atoms with Crippen molar-refractivity contribution >= 4 is 29.1 Å². The Kier molecular flexibility index (Phi) is 7.48. The summed E-state index contributed by atoms with van der Waals surface area (Å²) in [5.41, 5.74) is 0.883. The Hall–Kier alpha value is -2.53. The van der Waals surface area contributed by atoms with Crippen molar-refractivity contribution in [2.24, 2.45) is 0 Å². The third-order valence-corrected chi connectivity index (χ3v) is 3.99. The van der Waals surface area contributed by atoms with Crippen LogP contribution >= 0.6 is 11.6 Å². The first-order valence-electron chi connectivity index (χ1n) is 8.61. The molecule has 2 aromatic carbocycles. The molecule has 0 aliphatic carbocycles. The smallest absolute Gasteiger partial charge is 0.265 e. The van der Waals surface area contributed by atoms with Crippen LogP contribution in [0, 0.1) is 0 Å². The molecule has 26 heavy (non-hydrogen) atoms. The Morgan fingerprint density at radius 3 is 2.50 bits per heavy atom. The average molecular weight is 375 g/mol. The Labute approximate surface area is 158 Å². The van der Waals surface area contributed by atoms with Gasteiger partial charge in [0.05, 0.1) is 11.3 Å². The number of hydrogen-bond acceptors (Lipinski definition) is 3. The lowest BCUT2D eigenvalue weighted by Crippen LogP contribution is -2.32. The molecule has 0 bridgehead atoms. The first-order valence-corrected chi connectivity index (χ1v) is 8.99. The molecule has 0 aromatic heterocycles. The number of para-hydroxylation sites is 1. The molecule has 0 aliphatic rings. The summed E-state index contributed by atoms with van der Waals surface area (Å²) in [7, 11) is 0. The van der Waals surface area contributed by atoms with Gasteiger partial charge in [0.25, 0.3) is 11.8 Å². The molecule has 5 nitrogen and oxygen atoms in total. The molecule has 138 valence electrons. The first kappa shape index (κ1) is 19.8. The van der Waals surface area contributed by atoms with Crippen molar-refractivity contribution in [1.82, 2.24) is 5.32 Å². The number of halogens is 1. The van der Waals surface area contributed by atoms with E-state index in [4.69, 9.17) is 16.3 Å². The molecule has 2 N–H and O–H groups in total. The number of rotatable bonds is 8. The van der Waals surface area contributed by atoms with Crippen molar-refractivity contribution in [3.63, 3.8) is 0 Å². The van der Waals surface area contributed by atoms with Gasteiger partial charge in [-0.25, -0.2) is 0 Å². The summed E-state index contributed by atoms with van der Waals surface area (Å²) in [4.78, 5) is 24.7. The second-order valence-electron chi connectivity index (χ2n) is 5.86. The van der Waals surface area contributed by atoms with Crippen LogP contribution in [0.5, 0.6) is 5.75 Å². The van der Waals surface area contributed by atoms with Crippen molar-refractivity contribution in [3.05, 3.63) is 59.1 Å². The predicted molar refractivity (Wildman–Crippen MR) is 104 cm³/mol. The number of anilines is 1. The number of carbonyl (C=O) groups is 2. The standard InChI is InChI=1S/C20H23ClN2O3/c1-3-4-13-22-20(25)17-7-5-6-8-18(17)23-19(24)14(2)26-16-11-9-15(21)10-12-16/h5-12,14H,3-4,13H2,1-2H3,(H,22,25)(H,23,24)/t14-/m1/s1. The van der Waals surface area contributed by atoms with E-state index in [1.807, 2.05) is 0 Å². The van der Waals surface area contributed by atoms with Gasteiger partial charge in [0, 0.05) is 11.6 Å². The SMILES string of the molecule is CCCCNC(=O)c1ccccc1NC(=O)[C@@H](C)Oc1ccc(Cl)cc1. The van der Waals surface area contributed by atoms with E-state index >= 15 is 0 Å². The minimum absolute atomic E-state index is 0.208. The van der Waals surface area contributed by atoms with Crippen LogP contribution in [0.3, 0.4) is 0 Å². The monoisotopic (exact) mass is 374 g/mol. The molecule has 0 aliphatic heterocycles. The van der Waals surface area contributed by atoms with Crippen molar-refractivity contribution in [3.8, 4) is 5.75 Å². The van der Waals surface area contributed by atoms with Crippen molar-refractivity contribution in [2.75, 3.05) is 11.9 Å². The molecule has 2 amide bonds.